The molecular formula is C10H18BrN3O2S. The van der Waals surface area contributed by atoms with Crippen molar-refractivity contribution in [3.8, 4) is 0 Å². The van der Waals surface area contributed by atoms with Gasteiger partial charge in [0.15, 0.2) is 0 Å². The Morgan fingerprint density at radius 3 is 2.65 bits per heavy atom. The van der Waals surface area contributed by atoms with Crippen LogP contribution < -0.4 is 5.32 Å². The van der Waals surface area contributed by atoms with Crippen molar-refractivity contribution in [1.82, 2.24) is 15.1 Å². The first-order valence-electron chi connectivity index (χ1n) is 5.45. The minimum atomic E-state index is -2.90. The van der Waals surface area contributed by atoms with Crippen LogP contribution in [0.1, 0.15) is 18.3 Å². The molecule has 7 heteroatoms. The molecule has 0 aliphatic heterocycles. The van der Waals surface area contributed by atoms with Crippen LogP contribution in [-0.4, -0.2) is 36.8 Å². The number of hydrogen-bond donors (Lipinski definition) is 1. The van der Waals surface area contributed by atoms with Crippen molar-refractivity contribution >= 4 is 25.8 Å². The molecule has 98 valence electrons. The maximum absolute atomic E-state index is 11.0. The molecule has 5 nitrogen and oxygen atoms in total. The third-order valence-electron chi connectivity index (χ3n) is 2.39. The molecule has 0 unspecified atom stereocenters. The molecule has 0 atom stereocenters. The van der Waals surface area contributed by atoms with Gasteiger partial charge in [-0.3, -0.25) is 4.68 Å². The minimum absolute atomic E-state index is 0.157. The summed E-state index contributed by atoms with van der Waals surface area (Å²) in [6.07, 6.45) is 1.24. The normalized spacial score (nSPS) is 12.0. The Morgan fingerprint density at radius 1 is 1.47 bits per heavy atom. The van der Waals surface area contributed by atoms with Crippen LogP contribution in [0.5, 0.6) is 0 Å². The van der Waals surface area contributed by atoms with Crippen LogP contribution in [0.3, 0.4) is 0 Å². The molecule has 1 rings (SSSR count). The number of aryl methyl sites for hydroxylation is 2. The fourth-order valence-corrected chi connectivity index (χ4v) is 2.44. The van der Waals surface area contributed by atoms with Crippen molar-refractivity contribution in [2.45, 2.75) is 26.9 Å². The number of aromatic nitrogens is 2. The largest absolute Gasteiger partial charge is 0.310 e. The maximum Gasteiger partial charge on any atom is 0.148 e. The van der Waals surface area contributed by atoms with Crippen LogP contribution in [0.25, 0.3) is 0 Å². The Balaban J connectivity index is 2.57. The summed E-state index contributed by atoms with van der Waals surface area (Å²) in [6, 6.07) is 0. The van der Waals surface area contributed by atoms with E-state index in [1.165, 1.54) is 6.26 Å². The van der Waals surface area contributed by atoms with Crippen molar-refractivity contribution in [1.29, 1.82) is 0 Å². The first-order chi connectivity index (χ1) is 7.85. The molecule has 17 heavy (non-hydrogen) atoms. The van der Waals surface area contributed by atoms with Gasteiger partial charge in [-0.25, -0.2) is 8.42 Å². The summed E-state index contributed by atoms with van der Waals surface area (Å²) in [4.78, 5) is 0. The molecule has 0 saturated heterocycles. The van der Waals surface area contributed by atoms with E-state index in [-0.39, 0.29) is 5.75 Å². The fraction of sp³-hybridized carbons (Fsp3) is 0.700. The highest BCUT2D eigenvalue weighted by atomic mass is 79.9. The first-order valence-corrected chi connectivity index (χ1v) is 8.30. The molecule has 1 heterocycles. The van der Waals surface area contributed by atoms with Crippen molar-refractivity contribution in [3.63, 3.8) is 0 Å². The van der Waals surface area contributed by atoms with Crippen LogP contribution in [0.15, 0.2) is 4.47 Å². The molecule has 1 aromatic rings. The van der Waals surface area contributed by atoms with Crippen LogP contribution in [0.2, 0.25) is 0 Å². The summed E-state index contributed by atoms with van der Waals surface area (Å²) in [6.45, 7) is 5.84. The third-order valence-corrected chi connectivity index (χ3v) is 4.37. The van der Waals surface area contributed by atoms with Crippen LogP contribution >= 0.6 is 15.9 Å². The Hall–Kier alpha value is -0.400. The van der Waals surface area contributed by atoms with Gasteiger partial charge >= 0.3 is 0 Å². The van der Waals surface area contributed by atoms with Crippen LogP contribution in [-0.2, 0) is 22.9 Å². The summed E-state index contributed by atoms with van der Waals surface area (Å²) in [5.74, 6) is 0.157. The molecule has 0 amide bonds. The average Bonchev–Trinajstić information content (AvgIpc) is 2.49. The number of rotatable bonds is 6. The van der Waals surface area contributed by atoms with Crippen molar-refractivity contribution in [2.24, 2.45) is 0 Å². The second-order valence-corrected chi connectivity index (χ2v) is 7.02. The van der Waals surface area contributed by atoms with Gasteiger partial charge in [-0.2, -0.15) is 5.10 Å². The van der Waals surface area contributed by atoms with E-state index in [0.717, 1.165) is 22.4 Å². The fourth-order valence-electron chi connectivity index (χ4n) is 1.50. The predicted molar refractivity (Wildman–Crippen MR) is 71.8 cm³/mol. The zero-order valence-corrected chi connectivity index (χ0v) is 12.7. The molecule has 1 aromatic heterocycles. The first kappa shape index (κ1) is 14.7. The topological polar surface area (TPSA) is 64.0 Å². The average molecular weight is 324 g/mol. The van der Waals surface area contributed by atoms with Crippen LogP contribution in [0, 0.1) is 6.92 Å². The van der Waals surface area contributed by atoms with Gasteiger partial charge in [-0.05, 0) is 29.8 Å². The van der Waals surface area contributed by atoms with E-state index in [4.69, 9.17) is 0 Å². The Kier molecular flexibility index (Phi) is 5.15. The second kappa shape index (κ2) is 5.97. The van der Waals surface area contributed by atoms with Gasteiger partial charge in [0.05, 0.1) is 21.6 Å². The lowest BCUT2D eigenvalue weighted by Gasteiger charge is -2.07. The van der Waals surface area contributed by atoms with Gasteiger partial charge < -0.3 is 5.32 Å². The van der Waals surface area contributed by atoms with Crippen LogP contribution in [0.4, 0.5) is 0 Å². The van der Waals surface area contributed by atoms with Gasteiger partial charge in [-0.1, -0.05) is 0 Å². The highest BCUT2D eigenvalue weighted by Gasteiger charge is 2.11. The van der Waals surface area contributed by atoms with Gasteiger partial charge in [0.2, 0.25) is 0 Å². The highest BCUT2D eigenvalue weighted by Crippen LogP contribution is 2.20. The highest BCUT2D eigenvalue weighted by molar-refractivity contribution is 9.10. The summed E-state index contributed by atoms with van der Waals surface area (Å²) in [5, 5.41) is 7.48. The monoisotopic (exact) mass is 323 g/mol. The Morgan fingerprint density at radius 2 is 2.12 bits per heavy atom. The van der Waals surface area contributed by atoms with Crippen molar-refractivity contribution < 1.29 is 8.42 Å². The standard InChI is InChI=1S/C10H18BrN3O2S/c1-4-14-9(10(11)8(2)13-14)7-12-5-6-17(3,15)16/h12H,4-7H2,1-3H3. The van der Waals surface area contributed by atoms with Crippen molar-refractivity contribution in [3.05, 3.63) is 15.9 Å². The number of nitrogens with one attached hydrogen (secondary N) is 1. The quantitative estimate of drug-likeness (QED) is 0.796. The molecule has 0 spiro atoms. The number of sulfone groups is 1. The van der Waals surface area contributed by atoms with Gasteiger partial charge in [-0.15, -0.1) is 0 Å². The number of nitrogens with zero attached hydrogens (tertiary/aromatic N) is 2. The van der Waals surface area contributed by atoms with E-state index in [1.54, 1.807) is 0 Å². The molecule has 0 fully saturated rings. The zero-order valence-electron chi connectivity index (χ0n) is 10.3. The molecule has 0 saturated carbocycles. The lowest BCUT2D eigenvalue weighted by Crippen LogP contribution is -2.23. The van der Waals surface area contributed by atoms with Crippen molar-refractivity contribution in [2.75, 3.05) is 18.6 Å². The maximum atomic E-state index is 11.0. The van der Waals surface area contributed by atoms with E-state index in [9.17, 15) is 8.42 Å². The SMILES string of the molecule is CCn1nc(C)c(Br)c1CNCCS(C)(=O)=O. The third kappa shape index (κ3) is 4.40. The molecule has 0 radical (unpaired) electrons. The van der Waals surface area contributed by atoms with Gasteiger partial charge in [0, 0.05) is 25.9 Å². The Labute approximate surface area is 111 Å². The van der Waals surface area contributed by atoms with Gasteiger partial charge in [0.1, 0.15) is 9.84 Å². The summed E-state index contributed by atoms with van der Waals surface area (Å²) in [7, 11) is -2.90. The van der Waals surface area contributed by atoms with E-state index < -0.39 is 9.84 Å². The zero-order chi connectivity index (χ0) is 13.1. The summed E-state index contributed by atoms with van der Waals surface area (Å²) < 4.78 is 24.8. The van der Waals surface area contributed by atoms with E-state index in [1.807, 2.05) is 18.5 Å². The lowest BCUT2D eigenvalue weighted by atomic mass is 10.3. The minimum Gasteiger partial charge on any atom is -0.310 e. The lowest BCUT2D eigenvalue weighted by molar-refractivity contribution is 0.577. The van der Waals surface area contributed by atoms with E-state index >= 15 is 0 Å². The second-order valence-electron chi connectivity index (χ2n) is 3.97. The number of hydrogen-bond acceptors (Lipinski definition) is 4. The predicted octanol–water partition coefficient (Wildman–Crippen LogP) is 1.11. The summed E-state index contributed by atoms with van der Waals surface area (Å²) in [5.41, 5.74) is 2.00. The van der Waals surface area contributed by atoms with E-state index in [2.05, 4.69) is 26.3 Å². The molecule has 0 aliphatic carbocycles. The molecule has 0 aromatic carbocycles. The molecular weight excluding hydrogens is 306 g/mol. The smallest absolute Gasteiger partial charge is 0.148 e. The van der Waals surface area contributed by atoms with E-state index in [0.29, 0.717) is 13.1 Å². The Bertz CT molecular complexity index is 482. The molecule has 1 N–H and O–H groups in total. The van der Waals surface area contributed by atoms with Gasteiger partial charge in [0.25, 0.3) is 0 Å². The molecule has 0 aliphatic rings. The summed E-state index contributed by atoms with van der Waals surface area (Å²) >= 11 is 3.49. The molecule has 0 bridgehead atoms. The number of halogens is 1.